The van der Waals surface area contributed by atoms with Crippen LogP contribution < -0.4 is 10.6 Å². The van der Waals surface area contributed by atoms with Crippen LogP contribution in [-0.2, 0) is 27.5 Å². The van der Waals surface area contributed by atoms with Crippen molar-refractivity contribution < 1.29 is 18.0 Å². The number of aryl methyl sites for hydroxylation is 1. The topological polar surface area (TPSA) is 92.3 Å². The Labute approximate surface area is 206 Å². The van der Waals surface area contributed by atoms with E-state index in [2.05, 4.69) is 29.7 Å². The molecule has 2 amide bonds. The van der Waals surface area contributed by atoms with E-state index in [1.165, 1.54) is 11.1 Å². The van der Waals surface area contributed by atoms with Gasteiger partial charge in [0.05, 0.1) is 17.1 Å². The van der Waals surface area contributed by atoms with Crippen molar-refractivity contribution in [3.8, 4) is 0 Å². The second kappa shape index (κ2) is 10.9. The molecule has 0 atom stereocenters. The van der Waals surface area contributed by atoms with E-state index in [0.29, 0.717) is 28.6 Å². The number of amides is 2. The summed E-state index contributed by atoms with van der Waals surface area (Å²) in [6.07, 6.45) is 2.86. The molecule has 0 aliphatic heterocycles. The maximum Gasteiger partial charge on any atom is 0.251 e. The van der Waals surface area contributed by atoms with Gasteiger partial charge in [0.15, 0.2) is 9.84 Å². The van der Waals surface area contributed by atoms with Crippen molar-refractivity contribution in [3.05, 3.63) is 95.1 Å². The zero-order chi connectivity index (χ0) is 24.8. The quantitative estimate of drug-likeness (QED) is 0.442. The van der Waals surface area contributed by atoms with E-state index in [-0.39, 0.29) is 24.0 Å². The molecule has 2 N–H and O–H groups in total. The van der Waals surface area contributed by atoms with Gasteiger partial charge < -0.3 is 10.6 Å². The molecule has 6 nitrogen and oxygen atoms in total. The number of nitrogens with one attached hydrogen (secondary N) is 2. The molecule has 0 saturated heterocycles. The fraction of sp³-hybridized carbons (Fsp3) is 0.286. The van der Waals surface area contributed by atoms with Crippen molar-refractivity contribution in [3.63, 3.8) is 0 Å². The number of rotatable bonds is 10. The SMILES string of the molecule is Cc1ccccc1CCNC(=O)c1ccc(NC(=O)Cc2ccc(S(=O)(=O)CC3CC3)cc2)cc1. The van der Waals surface area contributed by atoms with Gasteiger partial charge in [0, 0.05) is 17.8 Å². The van der Waals surface area contributed by atoms with E-state index in [1.54, 1.807) is 48.5 Å². The smallest absolute Gasteiger partial charge is 0.251 e. The average molecular weight is 491 g/mol. The monoisotopic (exact) mass is 490 g/mol. The lowest BCUT2D eigenvalue weighted by Crippen LogP contribution is -2.25. The van der Waals surface area contributed by atoms with Gasteiger partial charge >= 0.3 is 0 Å². The Bertz CT molecular complexity index is 1300. The molecule has 3 aromatic rings. The molecule has 182 valence electrons. The van der Waals surface area contributed by atoms with Gasteiger partial charge in [-0.25, -0.2) is 8.42 Å². The van der Waals surface area contributed by atoms with Crippen molar-refractivity contribution >= 4 is 27.3 Å². The first-order valence-corrected chi connectivity index (χ1v) is 13.5. The average Bonchev–Trinajstić information content (AvgIpc) is 3.64. The van der Waals surface area contributed by atoms with Crippen LogP contribution in [0.4, 0.5) is 5.69 Å². The van der Waals surface area contributed by atoms with E-state index < -0.39 is 9.84 Å². The third-order valence-corrected chi connectivity index (χ3v) is 8.07. The van der Waals surface area contributed by atoms with Crippen LogP contribution in [-0.4, -0.2) is 32.5 Å². The highest BCUT2D eigenvalue weighted by atomic mass is 32.2. The first-order valence-electron chi connectivity index (χ1n) is 11.8. The van der Waals surface area contributed by atoms with Crippen LogP contribution in [0.15, 0.2) is 77.7 Å². The molecule has 0 bridgehead atoms. The molecular formula is C28H30N2O4S. The van der Waals surface area contributed by atoms with Gasteiger partial charge in [-0.3, -0.25) is 9.59 Å². The number of hydrogen-bond donors (Lipinski definition) is 2. The zero-order valence-corrected chi connectivity index (χ0v) is 20.6. The summed E-state index contributed by atoms with van der Waals surface area (Å²) in [5.74, 6) is 0.122. The highest BCUT2D eigenvalue weighted by Crippen LogP contribution is 2.32. The van der Waals surface area contributed by atoms with E-state index in [0.717, 1.165) is 24.8 Å². The minimum Gasteiger partial charge on any atom is -0.352 e. The van der Waals surface area contributed by atoms with Crippen LogP contribution in [0.5, 0.6) is 0 Å². The van der Waals surface area contributed by atoms with Gasteiger partial charge in [0.2, 0.25) is 5.91 Å². The van der Waals surface area contributed by atoms with Gasteiger partial charge in [-0.05, 0) is 85.2 Å². The molecule has 0 radical (unpaired) electrons. The first-order chi connectivity index (χ1) is 16.8. The molecule has 1 saturated carbocycles. The zero-order valence-electron chi connectivity index (χ0n) is 19.8. The van der Waals surface area contributed by atoms with Gasteiger partial charge in [-0.1, -0.05) is 36.4 Å². The maximum absolute atomic E-state index is 12.4. The summed E-state index contributed by atoms with van der Waals surface area (Å²) in [5.41, 5.74) is 4.26. The van der Waals surface area contributed by atoms with E-state index in [4.69, 9.17) is 0 Å². The number of carbonyl (C=O) groups is 2. The second-order valence-electron chi connectivity index (χ2n) is 9.10. The molecule has 0 heterocycles. The van der Waals surface area contributed by atoms with Crippen LogP contribution >= 0.6 is 0 Å². The van der Waals surface area contributed by atoms with Gasteiger partial charge in [-0.2, -0.15) is 0 Å². The summed E-state index contributed by atoms with van der Waals surface area (Å²) in [6.45, 7) is 2.60. The molecule has 1 fully saturated rings. The Kier molecular flexibility index (Phi) is 7.66. The van der Waals surface area contributed by atoms with Gasteiger partial charge in [-0.15, -0.1) is 0 Å². The summed E-state index contributed by atoms with van der Waals surface area (Å²) in [4.78, 5) is 25.2. The molecule has 1 aliphatic carbocycles. The van der Waals surface area contributed by atoms with Crippen LogP contribution in [0, 0.1) is 12.8 Å². The first kappa shape index (κ1) is 24.7. The third-order valence-electron chi connectivity index (χ3n) is 6.17. The molecule has 0 aromatic heterocycles. The lowest BCUT2D eigenvalue weighted by Gasteiger charge is -2.09. The molecular weight excluding hydrogens is 460 g/mol. The fourth-order valence-electron chi connectivity index (χ4n) is 3.90. The van der Waals surface area contributed by atoms with E-state index >= 15 is 0 Å². The summed E-state index contributed by atoms with van der Waals surface area (Å²) >= 11 is 0. The van der Waals surface area contributed by atoms with Crippen LogP contribution in [0.25, 0.3) is 0 Å². The number of sulfone groups is 1. The normalized spacial score (nSPS) is 13.3. The Morgan fingerprint density at radius 2 is 1.60 bits per heavy atom. The highest BCUT2D eigenvalue weighted by Gasteiger charge is 2.28. The Hall–Kier alpha value is -3.45. The highest BCUT2D eigenvalue weighted by molar-refractivity contribution is 7.91. The molecule has 7 heteroatoms. The number of anilines is 1. The van der Waals surface area contributed by atoms with Crippen LogP contribution in [0.1, 0.15) is 39.9 Å². The molecule has 1 aliphatic rings. The Morgan fingerprint density at radius 1 is 0.914 bits per heavy atom. The number of hydrogen-bond acceptors (Lipinski definition) is 4. The maximum atomic E-state index is 12.4. The molecule has 0 unspecified atom stereocenters. The minimum atomic E-state index is -3.26. The predicted octanol–water partition coefficient (Wildman–Crippen LogP) is 4.33. The third kappa shape index (κ3) is 7.02. The number of carbonyl (C=O) groups excluding carboxylic acids is 2. The van der Waals surface area contributed by atoms with Crippen molar-refractivity contribution in [1.82, 2.24) is 5.32 Å². The van der Waals surface area contributed by atoms with Crippen molar-refractivity contribution in [1.29, 1.82) is 0 Å². The van der Waals surface area contributed by atoms with Crippen molar-refractivity contribution in [2.24, 2.45) is 5.92 Å². The Morgan fingerprint density at radius 3 is 2.26 bits per heavy atom. The Balaban J connectivity index is 1.25. The fourth-order valence-corrected chi connectivity index (χ4v) is 5.60. The lowest BCUT2D eigenvalue weighted by molar-refractivity contribution is -0.115. The summed E-state index contributed by atoms with van der Waals surface area (Å²) in [6, 6.07) is 21.4. The van der Waals surface area contributed by atoms with Gasteiger partial charge in [0.25, 0.3) is 5.91 Å². The molecule has 4 rings (SSSR count). The lowest BCUT2D eigenvalue weighted by atomic mass is 10.1. The minimum absolute atomic E-state index is 0.129. The molecule has 35 heavy (non-hydrogen) atoms. The largest absolute Gasteiger partial charge is 0.352 e. The standard InChI is InChI=1S/C28H30N2O4S/c1-20-4-2-3-5-23(20)16-17-29-28(32)24-10-12-25(13-11-24)30-27(31)18-21-8-14-26(15-9-21)35(33,34)19-22-6-7-22/h2-5,8-15,22H,6-7,16-19H2,1H3,(H,29,32)(H,30,31). The predicted molar refractivity (Wildman–Crippen MR) is 137 cm³/mol. The van der Waals surface area contributed by atoms with Gasteiger partial charge in [0.1, 0.15) is 0 Å². The summed E-state index contributed by atoms with van der Waals surface area (Å²) in [7, 11) is -3.26. The van der Waals surface area contributed by atoms with Crippen LogP contribution in [0.2, 0.25) is 0 Å². The summed E-state index contributed by atoms with van der Waals surface area (Å²) in [5, 5.41) is 5.75. The number of benzene rings is 3. The molecule has 3 aromatic carbocycles. The second-order valence-corrected chi connectivity index (χ2v) is 11.1. The van der Waals surface area contributed by atoms with E-state index in [1.807, 2.05) is 12.1 Å². The van der Waals surface area contributed by atoms with Crippen molar-refractivity contribution in [2.75, 3.05) is 17.6 Å². The van der Waals surface area contributed by atoms with Crippen LogP contribution in [0.3, 0.4) is 0 Å². The van der Waals surface area contributed by atoms with E-state index in [9.17, 15) is 18.0 Å². The van der Waals surface area contributed by atoms with Crippen molar-refractivity contribution in [2.45, 2.75) is 37.5 Å². The summed E-state index contributed by atoms with van der Waals surface area (Å²) < 4.78 is 24.7. The molecule has 0 spiro atoms.